The highest BCUT2D eigenvalue weighted by molar-refractivity contribution is 7.11. The molecule has 124 valence electrons. The Labute approximate surface area is 143 Å². The molecule has 0 bridgehead atoms. The second-order valence-electron chi connectivity index (χ2n) is 5.81. The minimum absolute atomic E-state index is 0.441. The van der Waals surface area contributed by atoms with E-state index in [2.05, 4.69) is 65.6 Å². The lowest BCUT2D eigenvalue weighted by molar-refractivity contribution is 0.697. The first kappa shape index (κ1) is 17.5. The lowest BCUT2D eigenvalue weighted by Crippen LogP contribution is -2.39. The first-order valence-corrected chi connectivity index (χ1v) is 8.82. The van der Waals surface area contributed by atoms with Gasteiger partial charge in [-0.3, -0.25) is 4.99 Å². The Morgan fingerprint density at radius 3 is 2.57 bits per heavy atom. The molecule has 0 aliphatic heterocycles. The van der Waals surface area contributed by atoms with Crippen LogP contribution in [0.5, 0.6) is 0 Å². The minimum Gasteiger partial charge on any atom is -0.356 e. The van der Waals surface area contributed by atoms with Crippen molar-refractivity contribution in [1.82, 2.24) is 15.6 Å². The highest BCUT2D eigenvalue weighted by atomic mass is 32.1. The quantitative estimate of drug-likeness (QED) is 0.631. The fourth-order valence-electron chi connectivity index (χ4n) is 2.29. The summed E-state index contributed by atoms with van der Waals surface area (Å²) < 4.78 is 0. The summed E-state index contributed by atoms with van der Waals surface area (Å²) in [5, 5.41) is 7.91. The molecule has 0 amide bonds. The van der Waals surface area contributed by atoms with Gasteiger partial charge in [0.2, 0.25) is 0 Å². The van der Waals surface area contributed by atoms with Crippen LogP contribution in [0.1, 0.15) is 33.9 Å². The van der Waals surface area contributed by atoms with E-state index < -0.39 is 0 Å². The van der Waals surface area contributed by atoms with E-state index in [1.54, 1.807) is 18.4 Å². The van der Waals surface area contributed by atoms with Gasteiger partial charge in [0.15, 0.2) is 5.96 Å². The van der Waals surface area contributed by atoms with Gasteiger partial charge in [-0.15, -0.1) is 11.3 Å². The number of rotatable bonds is 6. The fraction of sp³-hybridized carbons (Fsp3) is 0.444. The SMILES string of the molecule is CN=C(NCCc1ncc(C)s1)NCC(C)c1ccc(C)cc1. The molecule has 0 aliphatic carbocycles. The van der Waals surface area contributed by atoms with Gasteiger partial charge < -0.3 is 10.6 Å². The lowest BCUT2D eigenvalue weighted by Gasteiger charge is -2.16. The third-order valence-electron chi connectivity index (χ3n) is 3.75. The van der Waals surface area contributed by atoms with Crippen LogP contribution in [0.15, 0.2) is 35.5 Å². The molecule has 1 heterocycles. The van der Waals surface area contributed by atoms with Crippen molar-refractivity contribution in [1.29, 1.82) is 0 Å². The van der Waals surface area contributed by atoms with E-state index in [-0.39, 0.29) is 0 Å². The summed E-state index contributed by atoms with van der Waals surface area (Å²) in [5.41, 5.74) is 2.64. The van der Waals surface area contributed by atoms with Crippen LogP contribution in [0, 0.1) is 13.8 Å². The van der Waals surface area contributed by atoms with Crippen LogP contribution in [-0.2, 0) is 6.42 Å². The second-order valence-corrected chi connectivity index (χ2v) is 7.13. The van der Waals surface area contributed by atoms with Crippen LogP contribution in [0.3, 0.4) is 0 Å². The van der Waals surface area contributed by atoms with E-state index in [0.717, 1.165) is 25.5 Å². The maximum Gasteiger partial charge on any atom is 0.191 e. The van der Waals surface area contributed by atoms with Crippen LogP contribution in [0.4, 0.5) is 0 Å². The third-order valence-corrected chi connectivity index (χ3v) is 4.72. The number of nitrogens with zero attached hydrogens (tertiary/aromatic N) is 2. The number of aliphatic imine (C=N–C) groups is 1. The minimum atomic E-state index is 0.441. The standard InChI is InChI=1S/C18H26N4S/c1-13-5-7-16(8-6-13)14(2)11-22-18(19-4)20-10-9-17-21-12-15(3)23-17/h5-8,12,14H,9-11H2,1-4H3,(H2,19,20,22). The predicted molar refractivity (Wildman–Crippen MR) is 99.5 cm³/mol. The third kappa shape index (κ3) is 5.67. The van der Waals surface area contributed by atoms with E-state index >= 15 is 0 Å². The highest BCUT2D eigenvalue weighted by Gasteiger charge is 2.06. The molecule has 1 aromatic carbocycles. The van der Waals surface area contributed by atoms with E-state index in [1.807, 2.05) is 6.20 Å². The Morgan fingerprint density at radius 2 is 1.96 bits per heavy atom. The van der Waals surface area contributed by atoms with Crippen LogP contribution in [-0.4, -0.2) is 31.1 Å². The summed E-state index contributed by atoms with van der Waals surface area (Å²) in [6, 6.07) is 8.72. The van der Waals surface area contributed by atoms with Gasteiger partial charge in [0, 0.05) is 37.6 Å². The van der Waals surface area contributed by atoms with Crippen LogP contribution < -0.4 is 10.6 Å². The van der Waals surface area contributed by atoms with E-state index in [1.165, 1.54) is 21.0 Å². The predicted octanol–water partition coefficient (Wildman–Crippen LogP) is 3.27. The van der Waals surface area contributed by atoms with Gasteiger partial charge in [0.05, 0.1) is 5.01 Å². The monoisotopic (exact) mass is 330 g/mol. The average molecular weight is 331 g/mol. The average Bonchev–Trinajstić information content (AvgIpc) is 2.96. The van der Waals surface area contributed by atoms with Gasteiger partial charge in [0.25, 0.3) is 0 Å². The summed E-state index contributed by atoms with van der Waals surface area (Å²) in [7, 11) is 1.80. The number of hydrogen-bond acceptors (Lipinski definition) is 3. The van der Waals surface area contributed by atoms with Gasteiger partial charge in [-0.25, -0.2) is 4.98 Å². The van der Waals surface area contributed by atoms with Crippen molar-refractivity contribution in [2.75, 3.05) is 20.1 Å². The number of thiazole rings is 1. The van der Waals surface area contributed by atoms with Gasteiger partial charge in [-0.05, 0) is 25.3 Å². The van der Waals surface area contributed by atoms with Gasteiger partial charge in [0.1, 0.15) is 0 Å². The molecule has 1 atom stereocenters. The molecule has 2 N–H and O–H groups in total. The van der Waals surface area contributed by atoms with Gasteiger partial charge in [-0.1, -0.05) is 36.8 Å². The number of benzene rings is 1. The van der Waals surface area contributed by atoms with Crippen molar-refractivity contribution in [2.24, 2.45) is 4.99 Å². The number of aromatic nitrogens is 1. The molecule has 0 saturated heterocycles. The molecule has 5 heteroatoms. The molecule has 2 aromatic rings. The number of nitrogens with one attached hydrogen (secondary N) is 2. The Bertz CT molecular complexity index is 631. The normalized spacial score (nSPS) is 13.0. The van der Waals surface area contributed by atoms with Gasteiger partial charge >= 0.3 is 0 Å². The van der Waals surface area contributed by atoms with Gasteiger partial charge in [-0.2, -0.15) is 0 Å². The Kier molecular flexibility index (Phi) is 6.59. The molecule has 1 unspecified atom stereocenters. The van der Waals surface area contributed by atoms with Crippen LogP contribution >= 0.6 is 11.3 Å². The zero-order valence-corrected chi connectivity index (χ0v) is 15.2. The zero-order valence-electron chi connectivity index (χ0n) is 14.4. The molecule has 0 spiro atoms. The van der Waals surface area contributed by atoms with Crippen molar-refractivity contribution >= 4 is 17.3 Å². The Morgan fingerprint density at radius 1 is 1.22 bits per heavy atom. The lowest BCUT2D eigenvalue weighted by atomic mass is 10.0. The molecule has 0 saturated carbocycles. The smallest absolute Gasteiger partial charge is 0.191 e. The number of hydrogen-bond donors (Lipinski definition) is 2. The van der Waals surface area contributed by atoms with E-state index in [4.69, 9.17) is 0 Å². The number of aryl methyl sites for hydroxylation is 2. The fourth-order valence-corrected chi connectivity index (χ4v) is 3.07. The van der Waals surface area contributed by atoms with Crippen molar-refractivity contribution in [3.63, 3.8) is 0 Å². The molecule has 4 nitrogen and oxygen atoms in total. The van der Waals surface area contributed by atoms with Crippen molar-refractivity contribution < 1.29 is 0 Å². The molecular formula is C18H26N4S. The van der Waals surface area contributed by atoms with Crippen molar-refractivity contribution in [2.45, 2.75) is 33.1 Å². The van der Waals surface area contributed by atoms with E-state index in [9.17, 15) is 0 Å². The molecule has 2 rings (SSSR count). The Balaban J connectivity index is 1.75. The largest absolute Gasteiger partial charge is 0.356 e. The topological polar surface area (TPSA) is 49.3 Å². The van der Waals surface area contributed by atoms with Crippen molar-refractivity contribution in [3.05, 3.63) is 51.5 Å². The molecule has 1 aromatic heterocycles. The maximum absolute atomic E-state index is 4.38. The summed E-state index contributed by atoms with van der Waals surface area (Å²) in [6.45, 7) is 8.12. The number of guanidine groups is 1. The maximum atomic E-state index is 4.38. The van der Waals surface area contributed by atoms with Crippen LogP contribution in [0.2, 0.25) is 0 Å². The summed E-state index contributed by atoms with van der Waals surface area (Å²) in [4.78, 5) is 9.92. The highest BCUT2D eigenvalue weighted by Crippen LogP contribution is 2.14. The second kappa shape index (κ2) is 8.67. The first-order chi connectivity index (χ1) is 11.1. The van der Waals surface area contributed by atoms with Crippen molar-refractivity contribution in [3.8, 4) is 0 Å². The molecule has 0 radical (unpaired) electrons. The summed E-state index contributed by atoms with van der Waals surface area (Å²) >= 11 is 1.75. The first-order valence-electron chi connectivity index (χ1n) is 8.01. The molecule has 23 heavy (non-hydrogen) atoms. The summed E-state index contributed by atoms with van der Waals surface area (Å²) in [5.74, 6) is 1.29. The molecule has 0 aliphatic rings. The van der Waals surface area contributed by atoms with E-state index in [0.29, 0.717) is 5.92 Å². The zero-order chi connectivity index (χ0) is 16.7. The molecule has 0 fully saturated rings. The summed E-state index contributed by atoms with van der Waals surface area (Å²) in [6.07, 6.45) is 2.85. The Hall–Kier alpha value is -1.88. The van der Waals surface area contributed by atoms with Crippen LogP contribution in [0.25, 0.3) is 0 Å². The molecular weight excluding hydrogens is 304 g/mol.